The number of aliphatic hydroxyl groups excluding tert-OH is 1. The van der Waals surface area contributed by atoms with Crippen molar-refractivity contribution in [2.75, 3.05) is 13.1 Å². The molecule has 17 heavy (non-hydrogen) atoms. The van der Waals surface area contributed by atoms with E-state index in [-0.39, 0.29) is 6.10 Å². The van der Waals surface area contributed by atoms with Gasteiger partial charge in [-0.15, -0.1) is 0 Å². The summed E-state index contributed by atoms with van der Waals surface area (Å²) in [7, 11) is 0. The summed E-state index contributed by atoms with van der Waals surface area (Å²) in [5, 5.41) is 18.4. The van der Waals surface area contributed by atoms with E-state index in [0.717, 1.165) is 31.6 Å². The molecule has 4 heteroatoms. The predicted octanol–water partition coefficient (Wildman–Crippen LogP) is 1.16. The zero-order valence-electron chi connectivity index (χ0n) is 10.0. The molecule has 4 nitrogen and oxygen atoms in total. The number of nitrogens with zero attached hydrogens (tertiary/aromatic N) is 3. The number of aromatic nitrogens is 1. The third-order valence-electron chi connectivity index (χ3n) is 3.29. The molecule has 2 rings (SSSR count). The van der Waals surface area contributed by atoms with Crippen LogP contribution in [0.25, 0.3) is 0 Å². The molecule has 2 atom stereocenters. The van der Waals surface area contributed by atoms with Crippen molar-refractivity contribution in [3.05, 3.63) is 29.6 Å². The summed E-state index contributed by atoms with van der Waals surface area (Å²) in [4.78, 5) is 6.27. The summed E-state index contributed by atoms with van der Waals surface area (Å²) in [5.74, 6) is 0.320. The Morgan fingerprint density at radius 1 is 1.65 bits per heavy atom. The molecule has 90 valence electrons. The third-order valence-corrected chi connectivity index (χ3v) is 3.29. The molecule has 1 aliphatic heterocycles. The van der Waals surface area contributed by atoms with Crippen molar-refractivity contribution in [2.24, 2.45) is 5.92 Å². The Kier molecular flexibility index (Phi) is 3.72. The van der Waals surface area contributed by atoms with Crippen LogP contribution < -0.4 is 0 Å². The maximum Gasteiger partial charge on any atom is 0.140 e. The Balaban J connectivity index is 1.99. The van der Waals surface area contributed by atoms with Crippen LogP contribution in [0, 0.1) is 17.2 Å². The van der Waals surface area contributed by atoms with E-state index in [0.29, 0.717) is 11.6 Å². The Bertz CT molecular complexity index is 427. The van der Waals surface area contributed by atoms with Gasteiger partial charge in [0.25, 0.3) is 0 Å². The van der Waals surface area contributed by atoms with Crippen LogP contribution in [-0.2, 0) is 6.54 Å². The lowest BCUT2D eigenvalue weighted by atomic mass is 9.96. The molecule has 1 N–H and O–H groups in total. The highest BCUT2D eigenvalue weighted by molar-refractivity contribution is 5.25. The first-order valence-electron chi connectivity index (χ1n) is 5.94. The van der Waals surface area contributed by atoms with Gasteiger partial charge in [0.15, 0.2) is 0 Å². The number of likely N-dealkylation sites (tertiary alicyclic amines) is 1. The largest absolute Gasteiger partial charge is 0.393 e. The molecule has 0 aromatic carbocycles. The second-order valence-corrected chi connectivity index (χ2v) is 4.73. The molecular weight excluding hydrogens is 214 g/mol. The molecule has 0 radical (unpaired) electrons. The number of aliphatic hydroxyl groups is 1. The average Bonchev–Trinajstić information content (AvgIpc) is 2.34. The van der Waals surface area contributed by atoms with Crippen molar-refractivity contribution in [3.8, 4) is 6.07 Å². The molecular formula is C13H17N3O. The molecule has 2 unspecified atom stereocenters. The molecule has 1 fully saturated rings. The fourth-order valence-electron chi connectivity index (χ4n) is 2.26. The number of pyridine rings is 1. The Morgan fingerprint density at radius 3 is 3.18 bits per heavy atom. The van der Waals surface area contributed by atoms with Gasteiger partial charge in [-0.1, -0.05) is 6.92 Å². The van der Waals surface area contributed by atoms with E-state index in [4.69, 9.17) is 5.26 Å². The minimum atomic E-state index is -0.168. The summed E-state index contributed by atoms with van der Waals surface area (Å²) >= 11 is 0. The van der Waals surface area contributed by atoms with Crippen LogP contribution in [0.2, 0.25) is 0 Å². The molecule has 1 aromatic heterocycles. The standard InChI is InChI=1S/C13H17N3O/c1-10-8-16(5-3-13(10)17)9-11-2-4-15-12(6-11)7-14/h2,4,6,10,13,17H,3,5,8-9H2,1H3. The third kappa shape index (κ3) is 3.02. The lowest BCUT2D eigenvalue weighted by Crippen LogP contribution is -2.41. The van der Waals surface area contributed by atoms with Crippen LogP contribution in [0.1, 0.15) is 24.6 Å². The lowest BCUT2D eigenvalue weighted by Gasteiger charge is -2.34. The van der Waals surface area contributed by atoms with E-state index in [1.165, 1.54) is 0 Å². The van der Waals surface area contributed by atoms with Crippen LogP contribution in [0.15, 0.2) is 18.3 Å². The second kappa shape index (κ2) is 5.26. The first-order chi connectivity index (χ1) is 8.19. The molecule has 1 saturated heterocycles. The molecule has 1 aromatic rings. The average molecular weight is 231 g/mol. The van der Waals surface area contributed by atoms with Gasteiger partial charge >= 0.3 is 0 Å². The zero-order chi connectivity index (χ0) is 12.3. The summed E-state index contributed by atoms with van der Waals surface area (Å²) in [6.07, 6.45) is 2.34. The van der Waals surface area contributed by atoms with Gasteiger partial charge in [-0.25, -0.2) is 4.98 Å². The van der Waals surface area contributed by atoms with E-state index in [1.54, 1.807) is 6.20 Å². The van der Waals surface area contributed by atoms with Gasteiger partial charge in [-0.05, 0) is 30.0 Å². The van der Waals surface area contributed by atoms with Crippen LogP contribution >= 0.6 is 0 Å². The molecule has 0 saturated carbocycles. The smallest absolute Gasteiger partial charge is 0.140 e. The highest BCUT2D eigenvalue weighted by atomic mass is 16.3. The predicted molar refractivity (Wildman–Crippen MR) is 64.0 cm³/mol. The van der Waals surface area contributed by atoms with Crippen molar-refractivity contribution in [2.45, 2.75) is 26.0 Å². The molecule has 0 bridgehead atoms. The SMILES string of the molecule is CC1CN(Cc2ccnc(C#N)c2)CCC1O. The minimum Gasteiger partial charge on any atom is -0.393 e. The summed E-state index contributed by atoms with van der Waals surface area (Å²) in [6.45, 7) is 4.72. The van der Waals surface area contributed by atoms with Gasteiger partial charge in [0.1, 0.15) is 11.8 Å². The summed E-state index contributed by atoms with van der Waals surface area (Å²) in [6, 6.07) is 5.82. The number of nitriles is 1. The normalized spacial score (nSPS) is 25.5. The van der Waals surface area contributed by atoms with Crippen molar-refractivity contribution >= 4 is 0 Å². The number of rotatable bonds is 2. The Hall–Kier alpha value is -1.44. The van der Waals surface area contributed by atoms with Crippen molar-refractivity contribution in [1.82, 2.24) is 9.88 Å². The first-order valence-corrected chi connectivity index (χ1v) is 5.94. The molecule has 0 aliphatic carbocycles. The van der Waals surface area contributed by atoms with Gasteiger partial charge < -0.3 is 5.11 Å². The highest BCUT2D eigenvalue weighted by Gasteiger charge is 2.23. The second-order valence-electron chi connectivity index (χ2n) is 4.73. The topological polar surface area (TPSA) is 60.2 Å². The summed E-state index contributed by atoms with van der Waals surface area (Å²) < 4.78 is 0. The Labute approximate surface area is 102 Å². The van der Waals surface area contributed by atoms with Gasteiger partial charge in [-0.3, -0.25) is 4.90 Å². The van der Waals surface area contributed by atoms with E-state index >= 15 is 0 Å². The van der Waals surface area contributed by atoms with Crippen molar-refractivity contribution < 1.29 is 5.11 Å². The maximum atomic E-state index is 9.66. The molecule has 0 amide bonds. The van der Waals surface area contributed by atoms with E-state index in [9.17, 15) is 5.11 Å². The lowest BCUT2D eigenvalue weighted by molar-refractivity contribution is 0.0320. The van der Waals surface area contributed by atoms with Crippen LogP contribution in [0.5, 0.6) is 0 Å². The fraction of sp³-hybridized carbons (Fsp3) is 0.538. The van der Waals surface area contributed by atoms with Gasteiger partial charge in [0.05, 0.1) is 6.10 Å². The monoisotopic (exact) mass is 231 g/mol. The van der Waals surface area contributed by atoms with Crippen LogP contribution in [0.3, 0.4) is 0 Å². The molecule has 1 aliphatic rings. The summed E-state index contributed by atoms with van der Waals surface area (Å²) in [5.41, 5.74) is 1.58. The highest BCUT2D eigenvalue weighted by Crippen LogP contribution is 2.18. The van der Waals surface area contributed by atoms with E-state index in [2.05, 4.69) is 22.9 Å². The van der Waals surface area contributed by atoms with Crippen LogP contribution in [0.4, 0.5) is 0 Å². The number of hydrogen-bond acceptors (Lipinski definition) is 4. The zero-order valence-corrected chi connectivity index (χ0v) is 10.0. The van der Waals surface area contributed by atoms with Gasteiger partial charge in [0.2, 0.25) is 0 Å². The van der Waals surface area contributed by atoms with Crippen molar-refractivity contribution in [1.29, 1.82) is 5.26 Å². The number of hydrogen-bond donors (Lipinski definition) is 1. The minimum absolute atomic E-state index is 0.168. The quantitative estimate of drug-likeness (QED) is 0.829. The Morgan fingerprint density at radius 2 is 2.47 bits per heavy atom. The number of piperidine rings is 1. The molecule has 2 heterocycles. The van der Waals surface area contributed by atoms with Crippen LogP contribution in [-0.4, -0.2) is 34.2 Å². The van der Waals surface area contributed by atoms with E-state index in [1.807, 2.05) is 12.1 Å². The first kappa shape index (κ1) is 12.0. The van der Waals surface area contributed by atoms with Gasteiger partial charge in [0, 0.05) is 25.8 Å². The van der Waals surface area contributed by atoms with Crippen molar-refractivity contribution in [3.63, 3.8) is 0 Å². The molecule has 0 spiro atoms. The maximum absolute atomic E-state index is 9.66. The fourth-order valence-corrected chi connectivity index (χ4v) is 2.26. The van der Waals surface area contributed by atoms with Gasteiger partial charge in [-0.2, -0.15) is 5.26 Å². The van der Waals surface area contributed by atoms with E-state index < -0.39 is 0 Å².